The molecule has 3 rings (SSSR count). The Morgan fingerprint density at radius 2 is 1.12 bits per heavy atom. The van der Waals surface area contributed by atoms with E-state index in [2.05, 4.69) is 43.3 Å². The van der Waals surface area contributed by atoms with E-state index in [1.807, 2.05) is 0 Å². The second kappa shape index (κ2) is 5.12. The summed E-state index contributed by atoms with van der Waals surface area (Å²) in [6.45, 7) is 0. The molecule has 1 aromatic carbocycles. The lowest BCUT2D eigenvalue weighted by Crippen LogP contribution is -1.84. The maximum absolute atomic E-state index is 3.15. The summed E-state index contributed by atoms with van der Waals surface area (Å²) < 4.78 is 6.30. The van der Waals surface area contributed by atoms with E-state index in [0.29, 0.717) is 0 Å². The van der Waals surface area contributed by atoms with Crippen molar-refractivity contribution in [3.05, 3.63) is 46.2 Å². The smallest absolute Gasteiger partial charge is 0.0385 e. The van der Waals surface area contributed by atoms with Crippen LogP contribution in [0.4, 0.5) is 0 Å². The van der Waals surface area contributed by atoms with Crippen LogP contribution in [0.25, 0.3) is 9.81 Å². The van der Waals surface area contributed by atoms with E-state index in [-0.39, 0.29) is 0 Å². The molecule has 16 heavy (non-hydrogen) atoms. The van der Waals surface area contributed by atoms with Crippen LogP contribution >= 0.6 is 47.8 Å². The van der Waals surface area contributed by atoms with Gasteiger partial charge in [-0.2, -0.15) is 8.25 Å². The second-order valence-electron chi connectivity index (χ2n) is 3.15. The largest absolute Gasteiger partial charge is 0.200 e. The van der Waals surface area contributed by atoms with Gasteiger partial charge in [0, 0.05) is 20.6 Å². The molecule has 0 radical (unpaired) electrons. The van der Waals surface area contributed by atoms with Gasteiger partial charge in [0.2, 0.25) is 0 Å². The predicted octanol–water partition coefficient (Wildman–Crippen LogP) is 4.08. The van der Waals surface area contributed by atoms with Crippen molar-refractivity contribution in [1.82, 2.24) is 8.25 Å². The third-order valence-corrected chi connectivity index (χ3v) is 5.77. The van der Waals surface area contributed by atoms with Crippen LogP contribution < -0.4 is 8.25 Å². The van der Waals surface area contributed by atoms with Crippen molar-refractivity contribution in [1.29, 1.82) is 0 Å². The highest BCUT2D eigenvalue weighted by atomic mass is 32.2. The van der Waals surface area contributed by atoms with E-state index < -0.39 is 0 Å². The molecule has 0 atom stereocenters. The number of hydrogen-bond donors (Lipinski definition) is 2. The van der Waals surface area contributed by atoms with Crippen molar-refractivity contribution in [3.8, 4) is 0 Å². The summed E-state index contributed by atoms with van der Waals surface area (Å²) in [4.78, 5) is 2.58. The van der Waals surface area contributed by atoms with Crippen molar-refractivity contribution >= 4 is 57.6 Å². The Labute approximate surface area is 112 Å². The first-order chi connectivity index (χ1) is 7.93. The van der Waals surface area contributed by atoms with Crippen molar-refractivity contribution < 1.29 is 0 Å². The molecular weight excluding hydrogens is 276 g/mol. The zero-order chi connectivity index (χ0) is 10.8. The summed E-state index contributed by atoms with van der Waals surface area (Å²) in [5.74, 6) is 0. The molecule has 0 aliphatic carbocycles. The van der Waals surface area contributed by atoms with Crippen LogP contribution in [0.15, 0.2) is 35.1 Å². The third kappa shape index (κ3) is 2.32. The minimum Gasteiger partial charge on any atom is -0.200 e. The minimum absolute atomic E-state index is 1.27. The van der Waals surface area contributed by atoms with E-state index in [0.717, 1.165) is 0 Å². The summed E-state index contributed by atoms with van der Waals surface area (Å²) in [6, 6.07) is 8.69. The lowest BCUT2D eigenvalue weighted by molar-refractivity contribution is 1.61. The first-order valence-corrected chi connectivity index (χ1v) is 7.99. The quantitative estimate of drug-likeness (QED) is 0.794. The molecule has 0 fully saturated rings. The highest BCUT2D eigenvalue weighted by molar-refractivity contribution is 8.22. The molecule has 2 nitrogen and oxygen atoms in total. The fourth-order valence-electron chi connectivity index (χ4n) is 1.39. The zero-order valence-electron chi connectivity index (χ0n) is 8.10. The van der Waals surface area contributed by atoms with E-state index in [1.165, 1.54) is 20.9 Å². The monoisotopic (exact) mass is 284 g/mol. The highest BCUT2D eigenvalue weighted by Gasteiger charge is 2.11. The molecule has 0 spiro atoms. The normalized spacial score (nSPS) is 19.8. The average Bonchev–Trinajstić information content (AvgIpc) is 3.03. The number of hydrogen-bond acceptors (Lipinski definition) is 6. The molecule has 0 aromatic heterocycles. The maximum Gasteiger partial charge on any atom is 0.0385 e. The Balaban J connectivity index is 1.84. The van der Waals surface area contributed by atoms with Crippen molar-refractivity contribution in [2.45, 2.75) is 0 Å². The summed E-state index contributed by atoms with van der Waals surface area (Å²) in [6.07, 6.45) is 0. The molecule has 6 heteroatoms. The number of nitrogens with one attached hydrogen (secondary N) is 2. The van der Waals surface area contributed by atoms with Crippen LogP contribution in [0.3, 0.4) is 0 Å². The van der Waals surface area contributed by atoms with Crippen LogP contribution in [-0.4, -0.2) is 0 Å². The van der Waals surface area contributed by atoms with Crippen LogP contribution in [0, 0.1) is 0 Å². The number of benzene rings is 1. The number of rotatable bonds is 2. The van der Waals surface area contributed by atoms with Crippen LogP contribution in [0.2, 0.25) is 0 Å². The van der Waals surface area contributed by atoms with Crippen LogP contribution in [-0.2, 0) is 0 Å². The predicted molar refractivity (Wildman–Crippen MR) is 79.0 cm³/mol. The molecule has 2 aliphatic heterocycles. The van der Waals surface area contributed by atoms with Gasteiger partial charge in [-0.3, -0.25) is 0 Å². The Bertz CT molecular complexity index is 409. The molecular formula is C10H8N2S4. The highest BCUT2D eigenvalue weighted by Crippen LogP contribution is 2.37. The summed E-state index contributed by atoms with van der Waals surface area (Å²) >= 11 is 6.60. The minimum atomic E-state index is 1.27. The van der Waals surface area contributed by atoms with Gasteiger partial charge < -0.3 is 0 Å². The van der Waals surface area contributed by atoms with Gasteiger partial charge in [-0.25, -0.2) is 0 Å². The van der Waals surface area contributed by atoms with Crippen LogP contribution in [0.5, 0.6) is 0 Å². The van der Waals surface area contributed by atoms with Gasteiger partial charge in [-0.1, -0.05) is 24.3 Å². The van der Waals surface area contributed by atoms with Crippen molar-refractivity contribution in [2.75, 3.05) is 0 Å². The molecule has 0 saturated carbocycles. The molecule has 0 saturated heterocycles. The molecule has 82 valence electrons. The first-order valence-electron chi connectivity index (χ1n) is 4.59. The molecule has 2 heterocycles. The molecule has 1 aromatic rings. The van der Waals surface area contributed by atoms with Crippen molar-refractivity contribution in [3.63, 3.8) is 0 Å². The molecule has 0 amide bonds. The standard InChI is InChI=1S/C10H8N2S4/c1-2-8(10-6-14-12-16-10)4-3-7(1)9-5-13-11-15-9/h1-6,11-12H. The Kier molecular flexibility index (Phi) is 3.56. The molecule has 0 unspecified atom stereocenters. The van der Waals surface area contributed by atoms with Gasteiger partial charge in [0.05, 0.1) is 0 Å². The SMILES string of the molecule is C1=C(c2ccc(C3=CSNS3)cc2)SNS1. The topological polar surface area (TPSA) is 24.1 Å². The summed E-state index contributed by atoms with van der Waals surface area (Å²) in [5.41, 5.74) is 2.55. The van der Waals surface area contributed by atoms with Crippen molar-refractivity contribution in [2.24, 2.45) is 0 Å². The zero-order valence-corrected chi connectivity index (χ0v) is 11.4. The average molecular weight is 284 g/mol. The van der Waals surface area contributed by atoms with Gasteiger partial charge in [-0.05, 0) is 58.9 Å². The Morgan fingerprint density at radius 1 is 0.688 bits per heavy atom. The van der Waals surface area contributed by atoms with Gasteiger partial charge in [0.1, 0.15) is 0 Å². The van der Waals surface area contributed by atoms with Gasteiger partial charge in [0.25, 0.3) is 0 Å². The molecule has 2 N–H and O–H groups in total. The summed E-state index contributed by atoms with van der Waals surface area (Å²) in [5, 5.41) is 4.28. The van der Waals surface area contributed by atoms with Crippen LogP contribution in [0.1, 0.15) is 11.1 Å². The third-order valence-electron chi connectivity index (χ3n) is 2.19. The van der Waals surface area contributed by atoms with Gasteiger partial charge in [0.15, 0.2) is 0 Å². The maximum atomic E-state index is 3.15. The molecule has 0 bridgehead atoms. The van der Waals surface area contributed by atoms with E-state index >= 15 is 0 Å². The van der Waals surface area contributed by atoms with E-state index in [4.69, 9.17) is 0 Å². The fourth-order valence-corrected chi connectivity index (χ4v) is 4.55. The lowest BCUT2D eigenvalue weighted by atomic mass is 10.1. The fraction of sp³-hybridized carbons (Fsp3) is 0. The summed E-state index contributed by atoms with van der Waals surface area (Å²) in [7, 11) is 0. The Hall–Kier alpha value is 0.0200. The van der Waals surface area contributed by atoms with Gasteiger partial charge in [-0.15, -0.1) is 0 Å². The van der Waals surface area contributed by atoms with E-state index in [1.54, 1.807) is 47.8 Å². The second-order valence-corrected chi connectivity index (χ2v) is 6.71. The molecule has 2 aliphatic rings. The first kappa shape index (κ1) is 11.1. The lowest BCUT2D eigenvalue weighted by Gasteiger charge is -2.03. The van der Waals surface area contributed by atoms with E-state index in [9.17, 15) is 0 Å². The van der Waals surface area contributed by atoms with Gasteiger partial charge >= 0.3 is 0 Å². The Morgan fingerprint density at radius 3 is 1.44 bits per heavy atom.